The van der Waals surface area contributed by atoms with Gasteiger partial charge < -0.3 is 4.74 Å². The molecule has 8 heteroatoms. The Labute approximate surface area is 211 Å². The summed E-state index contributed by atoms with van der Waals surface area (Å²) in [4.78, 5) is 0. The molecule has 1 nitrogen and oxygen atoms in total. The molecule has 0 aliphatic heterocycles. The minimum Gasteiger partial charge on any atom is -0.429 e. The smallest absolute Gasteiger partial charge is 0.429 e. The van der Waals surface area contributed by atoms with E-state index >= 15 is 0 Å². The number of halogens is 7. The van der Waals surface area contributed by atoms with Crippen LogP contribution in [0.15, 0.2) is 48.5 Å². The minimum atomic E-state index is -4.40. The van der Waals surface area contributed by atoms with Gasteiger partial charge in [-0.15, -0.1) is 0 Å². The highest BCUT2D eigenvalue weighted by molar-refractivity contribution is 6.30. The lowest BCUT2D eigenvalue weighted by atomic mass is 9.77. The lowest BCUT2D eigenvalue weighted by Gasteiger charge is -2.29. The first-order chi connectivity index (χ1) is 17.1. The van der Waals surface area contributed by atoms with Crippen LogP contribution in [0.2, 0.25) is 5.02 Å². The predicted octanol–water partition coefficient (Wildman–Crippen LogP) is 9.77. The summed E-state index contributed by atoms with van der Waals surface area (Å²) in [5, 5.41) is -0.155. The Morgan fingerprint density at radius 2 is 1.50 bits per heavy atom. The Hall–Kier alpha value is -2.67. The fourth-order valence-corrected chi connectivity index (χ4v) is 5.07. The first kappa shape index (κ1) is 26.4. The van der Waals surface area contributed by atoms with Crippen LogP contribution >= 0.6 is 11.6 Å². The number of hydrogen-bond acceptors (Lipinski definition) is 1. The normalized spacial score (nSPS) is 18.3. The molecule has 192 valence electrons. The van der Waals surface area contributed by atoms with Crippen molar-refractivity contribution < 1.29 is 31.1 Å². The van der Waals surface area contributed by atoms with Gasteiger partial charge in [-0.1, -0.05) is 37.4 Å². The molecule has 0 spiro atoms. The second kappa shape index (κ2) is 10.8. The van der Waals surface area contributed by atoms with E-state index in [9.17, 15) is 26.3 Å². The third kappa shape index (κ3) is 5.66. The van der Waals surface area contributed by atoms with Crippen LogP contribution in [-0.4, -0.2) is 0 Å². The zero-order valence-corrected chi connectivity index (χ0v) is 20.3. The predicted molar refractivity (Wildman–Crippen MR) is 127 cm³/mol. The Morgan fingerprint density at radius 1 is 0.833 bits per heavy atom. The van der Waals surface area contributed by atoms with Crippen molar-refractivity contribution in [2.75, 3.05) is 0 Å². The Balaban J connectivity index is 1.53. The largest absolute Gasteiger partial charge is 0.432 e. The lowest BCUT2D eigenvalue weighted by Crippen LogP contribution is -2.25. The first-order valence-electron chi connectivity index (χ1n) is 11.9. The van der Waals surface area contributed by atoms with Crippen LogP contribution in [-0.2, 0) is 6.11 Å². The summed E-state index contributed by atoms with van der Waals surface area (Å²) in [6.07, 6.45) is 1.16. The fourth-order valence-electron chi connectivity index (χ4n) is 4.96. The molecule has 0 heterocycles. The molecule has 36 heavy (non-hydrogen) atoms. The monoisotopic (exact) mass is 526 g/mol. The van der Waals surface area contributed by atoms with E-state index in [-0.39, 0.29) is 22.1 Å². The van der Waals surface area contributed by atoms with Gasteiger partial charge in [-0.2, -0.15) is 8.78 Å². The van der Waals surface area contributed by atoms with Crippen LogP contribution in [0.5, 0.6) is 5.75 Å². The molecule has 3 aromatic carbocycles. The maximum Gasteiger partial charge on any atom is 0.432 e. The Kier molecular flexibility index (Phi) is 7.88. The van der Waals surface area contributed by atoms with Crippen molar-refractivity contribution in [1.29, 1.82) is 0 Å². The molecule has 0 N–H and O–H groups in total. The van der Waals surface area contributed by atoms with E-state index in [1.807, 2.05) is 0 Å². The van der Waals surface area contributed by atoms with Gasteiger partial charge in [-0.05, 0) is 85.0 Å². The molecule has 0 bridgehead atoms. The molecule has 1 saturated carbocycles. The molecule has 0 radical (unpaired) electrons. The van der Waals surface area contributed by atoms with Crippen LogP contribution < -0.4 is 4.74 Å². The topological polar surface area (TPSA) is 9.23 Å². The van der Waals surface area contributed by atoms with E-state index in [0.717, 1.165) is 68.9 Å². The molecular formula is C28H25ClF6O. The van der Waals surface area contributed by atoms with E-state index in [0.29, 0.717) is 17.5 Å². The van der Waals surface area contributed by atoms with Crippen molar-refractivity contribution in [2.45, 2.75) is 57.5 Å². The number of ether oxygens (including phenoxy) is 1. The average Bonchev–Trinajstić information content (AvgIpc) is 2.81. The Morgan fingerprint density at radius 3 is 2.08 bits per heavy atom. The molecule has 0 amide bonds. The van der Waals surface area contributed by atoms with E-state index in [2.05, 4.69) is 11.7 Å². The van der Waals surface area contributed by atoms with Crippen LogP contribution in [0.3, 0.4) is 0 Å². The molecule has 1 aliphatic rings. The summed E-state index contributed by atoms with van der Waals surface area (Å²) >= 11 is 5.63. The van der Waals surface area contributed by atoms with Crippen LogP contribution in [0.4, 0.5) is 26.3 Å². The second-order valence-corrected chi connectivity index (χ2v) is 9.66. The van der Waals surface area contributed by atoms with Crippen molar-refractivity contribution in [2.24, 2.45) is 5.92 Å². The van der Waals surface area contributed by atoms with Crippen molar-refractivity contribution in [3.8, 4) is 16.9 Å². The van der Waals surface area contributed by atoms with Gasteiger partial charge in [0.05, 0.1) is 5.02 Å². The molecule has 1 fully saturated rings. The highest BCUT2D eigenvalue weighted by Crippen LogP contribution is 2.41. The second-order valence-electron chi connectivity index (χ2n) is 9.26. The van der Waals surface area contributed by atoms with E-state index in [1.165, 1.54) is 12.1 Å². The van der Waals surface area contributed by atoms with Crippen molar-refractivity contribution in [3.05, 3.63) is 87.9 Å². The van der Waals surface area contributed by atoms with Crippen molar-refractivity contribution in [1.82, 2.24) is 0 Å². The zero-order valence-electron chi connectivity index (χ0n) is 19.6. The van der Waals surface area contributed by atoms with E-state index < -0.39 is 40.7 Å². The van der Waals surface area contributed by atoms with Gasteiger partial charge in [0.1, 0.15) is 34.6 Å². The third-order valence-electron chi connectivity index (χ3n) is 6.79. The van der Waals surface area contributed by atoms with Gasteiger partial charge in [-0.3, -0.25) is 0 Å². The van der Waals surface area contributed by atoms with Crippen LogP contribution in [0, 0.1) is 29.2 Å². The van der Waals surface area contributed by atoms with Crippen molar-refractivity contribution in [3.63, 3.8) is 0 Å². The maximum absolute atomic E-state index is 14.8. The molecule has 3 aromatic rings. The van der Waals surface area contributed by atoms with Crippen molar-refractivity contribution >= 4 is 11.6 Å². The fraction of sp³-hybridized carbons (Fsp3) is 0.357. The highest BCUT2D eigenvalue weighted by Gasteiger charge is 2.41. The highest BCUT2D eigenvalue weighted by atomic mass is 35.5. The average molecular weight is 527 g/mol. The van der Waals surface area contributed by atoms with Gasteiger partial charge in [-0.25, -0.2) is 17.6 Å². The van der Waals surface area contributed by atoms with Gasteiger partial charge in [0, 0.05) is 11.6 Å². The Bertz CT molecular complexity index is 1210. The van der Waals surface area contributed by atoms with Gasteiger partial charge >= 0.3 is 6.11 Å². The molecule has 0 saturated heterocycles. The number of rotatable bonds is 7. The summed E-state index contributed by atoms with van der Waals surface area (Å²) in [7, 11) is 0. The standard InChI is InChI=1S/C28H25ClF6O/c1-2-3-16-4-6-17(7-5-16)19-13-25(32)27(26(33)14-19)28(34,35)36-20-9-10-21(23(30)15-20)18-8-11-22(29)24(31)12-18/h8-17H,2-7H2,1H3. The molecule has 4 rings (SSSR count). The molecule has 0 unspecified atom stereocenters. The number of benzene rings is 3. The zero-order chi connectivity index (χ0) is 26.0. The summed E-state index contributed by atoms with van der Waals surface area (Å²) in [5.74, 6) is -4.75. The van der Waals surface area contributed by atoms with Crippen LogP contribution in [0.1, 0.15) is 62.5 Å². The summed E-state index contributed by atoms with van der Waals surface area (Å²) in [6.45, 7) is 2.11. The van der Waals surface area contributed by atoms with Crippen LogP contribution in [0.25, 0.3) is 11.1 Å². The first-order valence-corrected chi connectivity index (χ1v) is 12.3. The molecule has 0 aromatic heterocycles. The number of alkyl halides is 2. The maximum atomic E-state index is 14.8. The van der Waals surface area contributed by atoms with E-state index in [1.54, 1.807) is 0 Å². The van der Waals surface area contributed by atoms with Gasteiger partial charge in [0.25, 0.3) is 0 Å². The SMILES string of the molecule is CCCC1CCC(c2cc(F)c(C(F)(F)Oc3ccc(-c4ccc(Cl)c(F)c4)c(F)c3)c(F)c2)CC1. The minimum absolute atomic E-state index is 0.0865. The lowest BCUT2D eigenvalue weighted by molar-refractivity contribution is -0.189. The summed E-state index contributed by atoms with van der Waals surface area (Å²) < 4.78 is 92.1. The quantitative estimate of drug-likeness (QED) is 0.278. The van der Waals surface area contributed by atoms with Gasteiger partial charge in [0.15, 0.2) is 0 Å². The third-order valence-corrected chi connectivity index (χ3v) is 7.09. The summed E-state index contributed by atoms with van der Waals surface area (Å²) in [5.41, 5.74) is -1.14. The molecule has 0 atom stereocenters. The summed E-state index contributed by atoms with van der Waals surface area (Å²) in [6, 6.07) is 8.25. The van der Waals surface area contributed by atoms with E-state index in [4.69, 9.17) is 11.6 Å². The van der Waals surface area contributed by atoms with Gasteiger partial charge in [0.2, 0.25) is 0 Å². The number of hydrogen-bond donors (Lipinski definition) is 0. The molecule has 1 aliphatic carbocycles. The molecular weight excluding hydrogens is 502 g/mol.